The predicted octanol–water partition coefficient (Wildman–Crippen LogP) is 3.06. The molecule has 0 saturated carbocycles. The zero-order valence-corrected chi connectivity index (χ0v) is 19.7. The van der Waals surface area contributed by atoms with Gasteiger partial charge in [-0.2, -0.15) is 0 Å². The van der Waals surface area contributed by atoms with Crippen LogP contribution in [0.15, 0.2) is 71.9 Å². The molecule has 0 saturated heterocycles. The predicted molar refractivity (Wildman–Crippen MR) is 129 cm³/mol. The molecule has 2 aromatic carbocycles. The molecule has 7 nitrogen and oxygen atoms in total. The molecule has 0 bridgehead atoms. The first kappa shape index (κ1) is 23.0. The number of fused-ring (bicyclic) bond motifs is 2. The maximum Gasteiger partial charge on any atom is 0.241 e. The monoisotopic (exact) mass is 479 g/mol. The minimum Gasteiger partial charge on any atom is -0.489 e. The van der Waals surface area contributed by atoms with Gasteiger partial charge in [-0.25, -0.2) is 13.1 Å². The standard InChI is InChI=1S/C26H29N3O4S/c30-25(20-5-3-13-27-15-20)17-28-16-21-9-7-19-14-22(10-12-26(19)33-21)34(31,32)29-24-11-8-18-4-1-2-6-23(18)24/h1-6,10,12-15,21,24-25,28-30H,7-9,11,16-17H2. The van der Waals surface area contributed by atoms with Crippen LogP contribution in [-0.4, -0.2) is 37.7 Å². The molecule has 34 heavy (non-hydrogen) atoms. The van der Waals surface area contributed by atoms with Gasteiger partial charge in [-0.1, -0.05) is 30.3 Å². The van der Waals surface area contributed by atoms with Crippen molar-refractivity contribution in [2.45, 2.75) is 48.8 Å². The number of nitrogens with zero attached hydrogens (tertiary/aromatic N) is 1. The van der Waals surface area contributed by atoms with E-state index in [2.05, 4.69) is 21.1 Å². The Kier molecular flexibility index (Phi) is 6.65. The summed E-state index contributed by atoms with van der Waals surface area (Å²) in [6, 6.07) is 16.6. The van der Waals surface area contributed by atoms with Crippen molar-refractivity contribution >= 4 is 10.0 Å². The third kappa shape index (κ3) is 5.00. The summed E-state index contributed by atoms with van der Waals surface area (Å²) in [5.41, 5.74) is 3.95. The Labute approximate surface area is 200 Å². The van der Waals surface area contributed by atoms with Crippen LogP contribution >= 0.6 is 0 Å². The molecule has 0 radical (unpaired) electrons. The second-order valence-electron chi connectivity index (χ2n) is 8.92. The summed E-state index contributed by atoms with van der Waals surface area (Å²) in [6.07, 6.45) is 5.84. The van der Waals surface area contributed by atoms with Crippen molar-refractivity contribution in [2.75, 3.05) is 13.1 Å². The van der Waals surface area contributed by atoms with E-state index in [0.29, 0.717) is 13.1 Å². The van der Waals surface area contributed by atoms with Crippen LogP contribution in [0, 0.1) is 0 Å². The van der Waals surface area contributed by atoms with E-state index in [9.17, 15) is 13.5 Å². The summed E-state index contributed by atoms with van der Waals surface area (Å²) in [4.78, 5) is 4.31. The van der Waals surface area contributed by atoms with Gasteiger partial charge in [-0.05, 0) is 66.6 Å². The number of ether oxygens (including phenoxy) is 1. The van der Waals surface area contributed by atoms with Crippen LogP contribution in [0.4, 0.5) is 0 Å². The zero-order chi connectivity index (χ0) is 23.5. The van der Waals surface area contributed by atoms with E-state index in [1.54, 1.807) is 36.7 Å². The molecule has 0 amide bonds. The van der Waals surface area contributed by atoms with Gasteiger partial charge in [0.15, 0.2) is 0 Å². The highest BCUT2D eigenvalue weighted by molar-refractivity contribution is 7.89. The first-order chi connectivity index (χ1) is 16.5. The van der Waals surface area contributed by atoms with Crippen LogP contribution in [0.2, 0.25) is 0 Å². The van der Waals surface area contributed by atoms with Gasteiger partial charge in [0.05, 0.1) is 11.0 Å². The number of sulfonamides is 1. The fraction of sp³-hybridized carbons (Fsp3) is 0.346. The molecule has 3 unspecified atom stereocenters. The lowest BCUT2D eigenvalue weighted by atomic mass is 10.0. The molecule has 8 heteroatoms. The second-order valence-corrected chi connectivity index (χ2v) is 10.6. The number of hydrogen-bond acceptors (Lipinski definition) is 6. The van der Waals surface area contributed by atoms with E-state index in [4.69, 9.17) is 4.74 Å². The number of benzene rings is 2. The maximum absolute atomic E-state index is 13.1. The van der Waals surface area contributed by atoms with Crippen molar-refractivity contribution in [3.05, 3.63) is 89.2 Å². The lowest BCUT2D eigenvalue weighted by Gasteiger charge is -2.27. The molecule has 3 aromatic rings. The average Bonchev–Trinajstić information content (AvgIpc) is 3.26. The van der Waals surface area contributed by atoms with E-state index in [0.717, 1.165) is 48.1 Å². The van der Waals surface area contributed by atoms with Gasteiger partial charge in [-0.3, -0.25) is 4.98 Å². The first-order valence-corrected chi connectivity index (χ1v) is 13.2. The third-order valence-corrected chi connectivity index (χ3v) is 8.05. The molecule has 0 spiro atoms. The fourth-order valence-corrected chi connectivity index (χ4v) is 6.04. The Morgan fingerprint density at radius 1 is 1.06 bits per heavy atom. The number of nitrogens with one attached hydrogen (secondary N) is 2. The summed E-state index contributed by atoms with van der Waals surface area (Å²) < 4.78 is 35.1. The van der Waals surface area contributed by atoms with Gasteiger partial charge in [0.2, 0.25) is 10.0 Å². The van der Waals surface area contributed by atoms with Gasteiger partial charge in [-0.15, -0.1) is 0 Å². The molecule has 0 fully saturated rings. The first-order valence-electron chi connectivity index (χ1n) is 11.7. The molecular weight excluding hydrogens is 450 g/mol. The molecular formula is C26H29N3O4S. The van der Waals surface area contributed by atoms with Crippen LogP contribution < -0.4 is 14.8 Å². The van der Waals surface area contributed by atoms with E-state index in [-0.39, 0.29) is 17.0 Å². The Bertz CT molecular complexity index is 1250. The average molecular weight is 480 g/mol. The maximum atomic E-state index is 13.1. The van der Waals surface area contributed by atoms with Crippen molar-refractivity contribution in [1.82, 2.24) is 15.0 Å². The summed E-state index contributed by atoms with van der Waals surface area (Å²) in [5.74, 6) is 0.719. The van der Waals surface area contributed by atoms with Crippen LogP contribution in [0.3, 0.4) is 0 Å². The van der Waals surface area contributed by atoms with Crippen molar-refractivity contribution in [1.29, 1.82) is 0 Å². The van der Waals surface area contributed by atoms with Gasteiger partial charge in [0.25, 0.3) is 0 Å². The quantitative estimate of drug-likeness (QED) is 0.459. The second kappa shape index (κ2) is 9.84. The molecule has 5 rings (SSSR count). The Morgan fingerprint density at radius 3 is 2.76 bits per heavy atom. The molecule has 2 heterocycles. The lowest BCUT2D eigenvalue weighted by molar-refractivity contribution is 0.146. The van der Waals surface area contributed by atoms with Gasteiger partial charge >= 0.3 is 0 Å². The van der Waals surface area contributed by atoms with Crippen LogP contribution in [0.5, 0.6) is 5.75 Å². The Hall–Kier alpha value is -2.78. The number of pyridine rings is 1. The zero-order valence-electron chi connectivity index (χ0n) is 18.9. The Morgan fingerprint density at radius 2 is 1.91 bits per heavy atom. The van der Waals surface area contributed by atoms with Crippen LogP contribution in [-0.2, 0) is 22.9 Å². The highest BCUT2D eigenvalue weighted by Gasteiger charge is 2.28. The fourth-order valence-electron chi connectivity index (χ4n) is 4.74. The van der Waals surface area contributed by atoms with Crippen LogP contribution in [0.25, 0.3) is 0 Å². The van der Waals surface area contributed by atoms with Crippen molar-refractivity contribution in [2.24, 2.45) is 0 Å². The van der Waals surface area contributed by atoms with Crippen molar-refractivity contribution < 1.29 is 18.3 Å². The third-order valence-electron chi connectivity index (χ3n) is 6.58. The van der Waals surface area contributed by atoms with Crippen molar-refractivity contribution in [3.63, 3.8) is 0 Å². The summed E-state index contributed by atoms with van der Waals surface area (Å²) in [7, 11) is -3.63. The molecule has 3 N–H and O–H groups in total. The molecule has 1 aromatic heterocycles. The van der Waals surface area contributed by atoms with E-state index < -0.39 is 16.1 Å². The Balaban J connectivity index is 1.18. The summed E-state index contributed by atoms with van der Waals surface area (Å²) in [5, 5.41) is 13.5. The molecule has 178 valence electrons. The number of aromatic nitrogens is 1. The number of aryl methyl sites for hydroxylation is 2. The molecule has 3 atom stereocenters. The summed E-state index contributed by atoms with van der Waals surface area (Å²) in [6.45, 7) is 1.00. The van der Waals surface area contributed by atoms with E-state index in [1.807, 2.05) is 24.3 Å². The molecule has 2 aliphatic rings. The minimum absolute atomic E-state index is 0.0378. The van der Waals surface area contributed by atoms with E-state index >= 15 is 0 Å². The largest absolute Gasteiger partial charge is 0.489 e. The lowest BCUT2D eigenvalue weighted by Crippen LogP contribution is -2.36. The van der Waals surface area contributed by atoms with Crippen LogP contribution in [0.1, 0.15) is 47.2 Å². The summed E-state index contributed by atoms with van der Waals surface area (Å²) >= 11 is 0. The van der Waals surface area contributed by atoms with Gasteiger partial charge < -0.3 is 15.2 Å². The van der Waals surface area contributed by atoms with Gasteiger partial charge in [0, 0.05) is 37.1 Å². The topological polar surface area (TPSA) is 101 Å². The number of rotatable bonds is 8. The number of hydrogen-bond donors (Lipinski definition) is 3. The molecule has 1 aliphatic carbocycles. The van der Waals surface area contributed by atoms with E-state index in [1.165, 1.54) is 5.56 Å². The normalized spacial score (nSPS) is 20.3. The smallest absolute Gasteiger partial charge is 0.241 e. The number of aliphatic hydroxyl groups excluding tert-OH is 1. The number of aliphatic hydroxyl groups is 1. The SMILES string of the molecule is O=S(=O)(NC1CCc2ccccc21)c1ccc2c(c1)CCC(CNCC(O)c1cccnc1)O2. The molecule has 1 aliphatic heterocycles. The van der Waals surface area contributed by atoms with Crippen molar-refractivity contribution in [3.8, 4) is 5.75 Å². The highest BCUT2D eigenvalue weighted by Crippen LogP contribution is 2.34. The minimum atomic E-state index is -3.63. The highest BCUT2D eigenvalue weighted by atomic mass is 32.2. The van der Waals surface area contributed by atoms with Gasteiger partial charge in [0.1, 0.15) is 11.9 Å².